The molecule has 1 atom stereocenters. The Morgan fingerprint density at radius 2 is 2.11 bits per heavy atom. The standard InChI is InChI=1S/C13H21N3OS2/c14-9-13(4-2-1-3-5-13)12-15-11(16-17-12)10-8-18-6-7-19-10/h10H,1-9,14H2. The fraction of sp³-hybridized carbons (Fsp3) is 0.846. The van der Waals surface area contributed by atoms with Crippen molar-refractivity contribution in [2.24, 2.45) is 5.73 Å². The van der Waals surface area contributed by atoms with E-state index in [0.717, 1.165) is 30.3 Å². The lowest BCUT2D eigenvalue weighted by atomic mass is 9.74. The van der Waals surface area contributed by atoms with Crippen molar-refractivity contribution in [3.63, 3.8) is 0 Å². The van der Waals surface area contributed by atoms with E-state index in [0.29, 0.717) is 11.8 Å². The van der Waals surface area contributed by atoms with Gasteiger partial charge in [-0.1, -0.05) is 24.4 Å². The largest absolute Gasteiger partial charge is 0.339 e. The molecule has 6 heteroatoms. The molecule has 0 spiro atoms. The Kier molecular flexibility index (Phi) is 4.39. The lowest BCUT2D eigenvalue weighted by Gasteiger charge is -2.32. The molecule has 19 heavy (non-hydrogen) atoms. The number of thioether (sulfide) groups is 2. The molecule has 2 N–H and O–H groups in total. The molecule has 0 amide bonds. The second-order valence-electron chi connectivity index (χ2n) is 5.44. The zero-order valence-electron chi connectivity index (χ0n) is 11.1. The molecule has 0 aromatic carbocycles. The molecule has 0 radical (unpaired) electrons. The van der Waals surface area contributed by atoms with Gasteiger partial charge in [-0.25, -0.2) is 0 Å². The van der Waals surface area contributed by atoms with Crippen molar-refractivity contribution in [3.8, 4) is 0 Å². The third kappa shape index (κ3) is 2.81. The summed E-state index contributed by atoms with van der Waals surface area (Å²) in [5, 5.41) is 4.63. The molecule has 1 aromatic heterocycles. The fourth-order valence-electron chi connectivity index (χ4n) is 2.95. The monoisotopic (exact) mass is 299 g/mol. The van der Waals surface area contributed by atoms with Crippen molar-refractivity contribution in [3.05, 3.63) is 11.7 Å². The van der Waals surface area contributed by atoms with Gasteiger partial charge in [0.15, 0.2) is 5.82 Å². The van der Waals surface area contributed by atoms with Gasteiger partial charge in [-0.3, -0.25) is 0 Å². The molecule has 1 aromatic rings. The van der Waals surface area contributed by atoms with Crippen LogP contribution in [0.1, 0.15) is 49.1 Å². The maximum atomic E-state index is 6.02. The van der Waals surface area contributed by atoms with Gasteiger partial charge in [-0.05, 0) is 12.8 Å². The molecule has 1 saturated carbocycles. The number of rotatable bonds is 3. The molecule has 3 rings (SSSR count). The topological polar surface area (TPSA) is 64.9 Å². The average molecular weight is 299 g/mol. The van der Waals surface area contributed by atoms with E-state index < -0.39 is 0 Å². The van der Waals surface area contributed by atoms with Crippen LogP contribution in [0.2, 0.25) is 0 Å². The summed E-state index contributed by atoms with van der Waals surface area (Å²) in [4.78, 5) is 4.71. The SMILES string of the molecule is NCC1(c2nc(C3CSCCS3)no2)CCCCC1. The molecule has 1 saturated heterocycles. The van der Waals surface area contributed by atoms with Crippen LogP contribution in [0.25, 0.3) is 0 Å². The zero-order valence-corrected chi connectivity index (χ0v) is 12.8. The molecule has 2 fully saturated rings. The molecule has 2 aliphatic rings. The minimum Gasteiger partial charge on any atom is -0.339 e. The predicted molar refractivity (Wildman–Crippen MR) is 80.6 cm³/mol. The first-order valence-corrected chi connectivity index (χ1v) is 9.28. The van der Waals surface area contributed by atoms with Gasteiger partial charge in [0, 0.05) is 23.8 Å². The van der Waals surface area contributed by atoms with Gasteiger partial charge in [0.2, 0.25) is 5.89 Å². The third-order valence-electron chi connectivity index (χ3n) is 4.20. The lowest BCUT2D eigenvalue weighted by Crippen LogP contribution is -2.37. The van der Waals surface area contributed by atoms with Crippen LogP contribution in [0.15, 0.2) is 4.52 Å². The molecule has 1 aliphatic carbocycles. The second-order valence-corrected chi connectivity index (χ2v) is 7.90. The minimum absolute atomic E-state index is 0.0457. The van der Waals surface area contributed by atoms with E-state index in [1.807, 2.05) is 23.5 Å². The van der Waals surface area contributed by atoms with Crippen molar-refractivity contribution in [1.29, 1.82) is 0 Å². The van der Waals surface area contributed by atoms with E-state index in [2.05, 4.69) is 5.16 Å². The Morgan fingerprint density at radius 1 is 1.26 bits per heavy atom. The fourth-order valence-corrected chi connectivity index (χ4v) is 5.54. The second kappa shape index (κ2) is 6.06. The summed E-state index contributed by atoms with van der Waals surface area (Å²) in [5.41, 5.74) is 5.98. The van der Waals surface area contributed by atoms with Gasteiger partial charge in [0.05, 0.1) is 10.7 Å². The van der Waals surface area contributed by atoms with E-state index >= 15 is 0 Å². The van der Waals surface area contributed by atoms with Crippen LogP contribution >= 0.6 is 23.5 Å². The summed E-state index contributed by atoms with van der Waals surface area (Å²) in [5.74, 6) is 5.19. The van der Waals surface area contributed by atoms with Crippen LogP contribution < -0.4 is 5.73 Å². The van der Waals surface area contributed by atoms with E-state index in [9.17, 15) is 0 Å². The van der Waals surface area contributed by atoms with Gasteiger partial charge in [0.25, 0.3) is 0 Å². The summed E-state index contributed by atoms with van der Waals surface area (Å²) in [7, 11) is 0. The number of nitrogens with two attached hydrogens (primary N) is 1. The van der Waals surface area contributed by atoms with Gasteiger partial charge < -0.3 is 10.3 Å². The van der Waals surface area contributed by atoms with Crippen LogP contribution in [-0.4, -0.2) is 33.9 Å². The van der Waals surface area contributed by atoms with Crippen LogP contribution in [0.5, 0.6) is 0 Å². The number of aromatic nitrogens is 2. The van der Waals surface area contributed by atoms with Crippen LogP contribution in [0.3, 0.4) is 0 Å². The minimum atomic E-state index is -0.0457. The van der Waals surface area contributed by atoms with Gasteiger partial charge in [-0.2, -0.15) is 16.7 Å². The average Bonchev–Trinajstić information content (AvgIpc) is 2.99. The van der Waals surface area contributed by atoms with E-state index in [4.69, 9.17) is 15.2 Å². The summed E-state index contributed by atoms with van der Waals surface area (Å²) in [6, 6.07) is 0. The van der Waals surface area contributed by atoms with Crippen LogP contribution in [0.4, 0.5) is 0 Å². The maximum absolute atomic E-state index is 6.02. The third-order valence-corrected chi connectivity index (χ3v) is 6.95. The molecular weight excluding hydrogens is 278 g/mol. The lowest BCUT2D eigenvalue weighted by molar-refractivity contribution is 0.219. The Morgan fingerprint density at radius 3 is 2.79 bits per heavy atom. The van der Waals surface area contributed by atoms with Crippen molar-refractivity contribution in [1.82, 2.24) is 10.1 Å². The highest BCUT2D eigenvalue weighted by Crippen LogP contribution is 2.40. The molecule has 1 unspecified atom stereocenters. The summed E-state index contributed by atoms with van der Waals surface area (Å²) >= 11 is 3.93. The van der Waals surface area contributed by atoms with E-state index in [1.54, 1.807) is 0 Å². The quantitative estimate of drug-likeness (QED) is 0.926. The first-order chi connectivity index (χ1) is 9.34. The van der Waals surface area contributed by atoms with Crippen molar-refractivity contribution >= 4 is 23.5 Å². The Balaban J connectivity index is 1.79. The molecule has 2 heterocycles. The van der Waals surface area contributed by atoms with Crippen molar-refractivity contribution in [2.75, 3.05) is 23.8 Å². The Hall–Kier alpha value is -0.200. The molecule has 106 valence electrons. The van der Waals surface area contributed by atoms with Crippen molar-refractivity contribution < 1.29 is 4.52 Å². The first-order valence-electron chi connectivity index (χ1n) is 7.08. The van der Waals surface area contributed by atoms with Crippen LogP contribution in [0, 0.1) is 0 Å². The summed E-state index contributed by atoms with van der Waals surface area (Å²) < 4.78 is 5.59. The Bertz CT molecular complexity index is 412. The zero-order chi connectivity index (χ0) is 13.1. The highest BCUT2D eigenvalue weighted by molar-refractivity contribution is 8.06. The smallest absolute Gasteiger partial charge is 0.234 e. The highest BCUT2D eigenvalue weighted by Gasteiger charge is 2.38. The van der Waals surface area contributed by atoms with E-state index in [-0.39, 0.29) is 5.41 Å². The number of hydrogen-bond donors (Lipinski definition) is 1. The van der Waals surface area contributed by atoms with Crippen LogP contribution in [-0.2, 0) is 5.41 Å². The molecule has 0 bridgehead atoms. The molecule has 1 aliphatic heterocycles. The molecule has 4 nitrogen and oxygen atoms in total. The predicted octanol–water partition coefficient (Wildman–Crippen LogP) is 2.75. The maximum Gasteiger partial charge on any atom is 0.234 e. The van der Waals surface area contributed by atoms with Gasteiger partial charge >= 0.3 is 0 Å². The number of nitrogens with zero attached hydrogens (tertiary/aromatic N) is 2. The normalized spacial score (nSPS) is 27.3. The number of hydrogen-bond acceptors (Lipinski definition) is 6. The van der Waals surface area contributed by atoms with Crippen molar-refractivity contribution in [2.45, 2.75) is 42.8 Å². The van der Waals surface area contributed by atoms with Gasteiger partial charge in [0.1, 0.15) is 0 Å². The van der Waals surface area contributed by atoms with Gasteiger partial charge in [-0.15, -0.1) is 11.8 Å². The summed E-state index contributed by atoms with van der Waals surface area (Å²) in [6.07, 6.45) is 5.94. The van der Waals surface area contributed by atoms with E-state index in [1.165, 1.54) is 30.8 Å². The Labute approximate surface area is 122 Å². The summed E-state index contributed by atoms with van der Waals surface area (Å²) in [6.45, 7) is 0.626. The highest BCUT2D eigenvalue weighted by atomic mass is 32.2. The molecular formula is C13H21N3OS2. The first kappa shape index (κ1) is 13.8.